The van der Waals surface area contributed by atoms with Gasteiger partial charge in [0.05, 0.1) is 36.6 Å². The number of aliphatic hydroxyl groups excluding tert-OH is 1. The van der Waals surface area contributed by atoms with Gasteiger partial charge in [-0.05, 0) is 58.4 Å². The number of allylic oxidation sites excluding steroid dienone is 1. The number of carbonyl (C=O) groups excluding carboxylic acids is 4. The van der Waals surface area contributed by atoms with Gasteiger partial charge < -0.3 is 29.3 Å². The molecule has 0 aromatic heterocycles. The highest BCUT2D eigenvalue weighted by Crippen LogP contribution is 2.60. The van der Waals surface area contributed by atoms with Crippen molar-refractivity contribution in [3.63, 3.8) is 0 Å². The number of carbonyl (C=O) groups is 4. The lowest BCUT2D eigenvalue weighted by molar-refractivity contribution is -0.165. The SMILES string of the molecule is C=CCCC(=O)N(C)[C@H](C)[C@H](OC(=O)[C@@H]1[C@@H]2CC[C@]3(O2)[C@H](C(=O)N(CC=C)C(C)(C)C)N([C@@H](CO)[C@@H](C)CC)C(=O)[C@@H]13)c1ccccc1. The van der Waals surface area contributed by atoms with E-state index < -0.39 is 59.3 Å². The second kappa shape index (κ2) is 14.9. The number of likely N-dealkylation sites (tertiary alicyclic amines) is 1. The van der Waals surface area contributed by atoms with Crippen molar-refractivity contribution in [1.29, 1.82) is 0 Å². The summed E-state index contributed by atoms with van der Waals surface area (Å²) in [4.78, 5) is 61.7. The molecule has 1 aromatic rings. The predicted octanol–water partition coefficient (Wildman–Crippen LogP) is 4.68. The van der Waals surface area contributed by atoms with Crippen molar-refractivity contribution in [2.24, 2.45) is 17.8 Å². The van der Waals surface area contributed by atoms with Crippen molar-refractivity contribution in [3.8, 4) is 0 Å². The summed E-state index contributed by atoms with van der Waals surface area (Å²) in [5.74, 6) is -3.39. The number of nitrogens with zero attached hydrogens (tertiary/aromatic N) is 3. The third-order valence-corrected chi connectivity index (χ3v) is 10.9. The van der Waals surface area contributed by atoms with Crippen LogP contribution in [0.25, 0.3) is 0 Å². The van der Waals surface area contributed by atoms with Crippen molar-refractivity contribution < 1.29 is 33.8 Å². The molecule has 0 saturated carbocycles. The van der Waals surface area contributed by atoms with Gasteiger partial charge in [-0.15, -0.1) is 13.2 Å². The first-order valence-electron chi connectivity index (χ1n) is 17.3. The first kappa shape index (κ1) is 37.3. The van der Waals surface area contributed by atoms with Crippen molar-refractivity contribution >= 4 is 23.7 Å². The van der Waals surface area contributed by atoms with Gasteiger partial charge in [0.25, 0.3) is 0 Å². The minimum Gasteiger partial charge on any atom is -0.455 e. The van der Waals surface area contributed by atoms with E-state index in [-0.39, 0.29) is 43.2 Å². The second-order valence-electron chi connectivity index (χ2n) is 14.7. The zero-order valence-electron chi connectivity index (χ0n) is 29.8. The number of fused-ring (bicyclic) bond motifs is 1. The molecular formula is C38H55N3O7. The fourth-order valence-corrected chi connectivity index (χ4v) is 7.90. The lowest BCUT2D eigenvalue weighted by Gasteiger charge is -2.44. The Morgan fingerprint density at radius 1 is 1.17 bits per heavy atom. The minimum absolute atomic E-state index is 0.104. The fourth-order valence-electron chi connectivity index (χ4n) is 7.90. The Balaban J connectivity index is 1.75. The van der Waals surface area contributed by atoms with E-state index in [9.17, 15) is 24.3 Å². The molecule has 1 spiro atoms. The Labute approximate surface area is 286 Å². The van der Waals surface area contributed by atoms with Gasteiger partial charge in [-0.25, -0.2) is 0 Å². The molecule has 9 atom stereocenters. The van der Waals surface area contributed by atoms with E-state index in [1.54, 1.807) is 29.0 Å². The molecule has 0 unspecified atom stereocenters. The zero-order chi connectivity index (χ0) is 35.6. The van der Waals surface area contributed by atoms with Crippen LogP contribution < -0.4 is 0 Å². The molecule has 3 fully saturated rings. The molecule has 3 aliphatic heterocycles. The molecule has 2 bridgehead atoms. The molecule has 10 heteroatoms. The van der Waals surface area contributed by atoms with Crippen LogP contribution in [0.1, 0.15) is 85.3 Å². The normalized spacial score (nSPS) is 27.1. The monoisotopic (exact) mass is 665 g/mol. The first-order valence-corrected chi connectivity index (χ1v) is 17.3. The van der Waals surface area contributed by atoms with Gasteiger partial charge in [0.2, 0.25) is 17.7 Å². The topological polar surface area (TPSA) is 117 Å². The molecule has 3 aliphatic rings. The van der Waals surface area contributed by atoms with E-state index in [2.05, 4.69) is 13.2 Å². The molecule has 264 valence electrons. The summed E-state index contributed by atoms with van der Waals surface area (Å²) >= 11 is 0. The first-order chi connectivity index (χ1) is 22.7. The van der Waals surface area contributed by atoms with Gasteiger partial charge in [0, 0.05) is 25.6 Å². The predicted molar refractivity (Wildman–Crippen MR) is 183 cm³/mol. The number of likely N-dealkylation sites (N-methyl/N-ethyl adjacent to an activating group) is 1. The van der Waals surface area contributed by atoms with Crippen LogP contribution >= 0.6 is 0 Å². The van der Waals surface area contributed by atoms with Crippen LogP contribution in [0, 0.1) is 17.8 Å². The molecule has 0 aliphatic carbocycles. The summed E-state index contributed by atoms with van der Waals surface area (Å²) in [6.45, 7) is 19.1. The summed E-state index contributed by atoms with van der Waals surface area (Å²) in [5.41, 5.74) is -1.13. The lowest BCUT2D eigenvalue weighted by Crippen LogP contribution is -2.62. The van der Waals surface area contributed by atoms with Gasteiger partial charge in [0.15, 0.2) is 0 Å². The zero-order valence-corrected chi connectivity index (χ0v) is 29.8. The Bertz CT molecular complexity index is 1360. The molecule has 3 amide bonds. The van der Waals surface area contributed by atoms with E-state index in [0.717, 1.165) is 5.56 Å². The van der Waals surface area contributed by atoms with Crippen molar-refractivity contribution in [2.45, 2.75) is 115 Å². The number of aliphatic hydroxyl groups is 1. The molecule has 3 heterocycles. The fraction of sp³-hybridized carbons (Fsp3) is 0.632. The number of hydrogen-bond acceptors (Lipinski definition) is 7. The Morgan fingerprint density at radius 2 is 1.83 bits per heavy atom. The van der Waals surface area contributed by atoms with Crippen LogP contribution in [-0.2, 0) is 28.7 Å². The minimum atomic E-state index is -1.25. The highest BCUT2D eigenvalue weighted by atomic mass is 16.6. The molecule has 48 heavy (non-hydrogen) atoms. The van der Waals surface area contributed by atoms with Crippen molar-refractivity contribution in [3.05, 3.63) is 61.2 Å². The van der Waals surface area contributed by atoms with Crippen LogP contribution in [0.2, 0.25) is 0 Å². The molecular weight excluding hydrogens is 610 g/mol. The highest BCUT2D eigenvalue weighted by Gasteiger charge is 2.76. The molecule has 0 radical (unpaired) electrons. The molecule has 1 N–H and O–H groups in total. The third kappa shape index (κ3) is 6.70. The number of rotatable bonds is 15. The molecule has 10 nitrogen and oxygen atoms in total. The molecule has 1 aromatic carbocycles. The van der Waals surface area contributed by atoms with E-state index in [1.165, 1.54) is 4.90 Å². The average molecular weight is 666 g/mol. The van der Waals surface area contributed by atoms with Gasteiger partial charge in [-0.2, -0.15) is 0 Å². The third-order valence-electron chi connectivity index (χ3n) is 10.9. The van der Waals surface area contributed by atoms with Crippen molar-refractivity contribution in [1.82, 2.24) is 14.7 Å². The summed E-state index contributed by atoms with van der Waals surface area (Å²) < 4.78 is 13.0. The van der Waals surface area contributed by atoms with Gasteiger partial charge in [-0.1, -0.05) is 62.8 Å². The maximum Gasteiger partial charge on any atom is 0.313 e. The highest BCUT2D eigenvalue weighted by molar-refractivity contribution is 5.98. The van der Waals surface area contributed by atoms with Crippen molar-refractivity contribution in [2.75, 3.05) is 20.2 Å². The summed E-state index contributed by atoms with van der Waals surface area (Å²) in [6.07, 6.45) is 4.32. The molecule has 4 rings (SSSR count). The Hall–Kier alpha value is -3.50. The van der Waals surface area contributed by atoms with E-state index in [0.29, 0.717) is 25.7 Å². The van der Waals surface area contributed by atoms with E-state index >= 15 is 0 Å². The Morgan fingerprint density at radius 3 is 2.40 bits per heavy atom. The average Bonchev–Trinajstić information content (AvgIpc) is 3.71. The maximum absolute atomic E-state index is 14.7. The summed E-state index contributed by atoms with van der Waals surface area (Å²) in [7, 11) is 1.69. The van der Waals surface area contributed by atoms with Gasteiger partial charge in [-0.3, -0.25) is 19.2 Å². The van der Waals surface area contributed by atoms with Gasteiger partial charge in [0.1, 0.15) is 17.7 Å². The summed E-state index contributed by atoms with van der Waals surface area (Å²) in [5, 5.41) is 10.7. The maximum atomic E-state index is 14.7. The number of ether oxygens (including phenoxy) is 2. The quantitative estimate of drug-likeness (QED) is 0.214. The largest absolute Gasteiger partial charge is 0.455 e. The second-order valence-corrected chi connectivity index (χ2v) is 14.7. The molecule has 3 saturated heterocycles. The van der Waals surface area contributed by atoms with Crippen LogP contribution in [0.5, 0.6) is 0 Å². The van der Waals surface area contributed by atoms with Crippen LogP contribution in [0.15, 0.2) is 55.6 Å². The van der Waals surface area contributed by atoms with E-state index in [4.69, 9.17) is 9.47 Å². The standard InChI is InChI=1S/C38H55N3O7/c1-10-13-19-29(43)39(9)25(5)32(26-17-15-14-16-18-26)47-36(46)30-28-20-21-38(48-28)31(30)34(44)41(27(23-42)24(4)12-3)33(38)35(45)40(22-11-2)37(6,7)8/h10-11,14-18,24-25,27-28,30-33,42H,1-2,12-13,19-23H2,3-9H3/t24-,25+,27-,28-,30+,31+,32-,33-,38+/m0/s1. The van der Waals surface area contributed by atoms with Crippen LogP contribution in [0.4, 0.5) is 0 Å². The number of hydrogen-bond donors (Lipinski definition) is 1. The van der Waals surface area contributed by atoms with E-state index in [1.807, 2.05) is 71.9 Å². The lowest BCUT2D eigenvalue weighted by atomic mass is 9.70. The van der Waals surface area contributed by atoms with Crippen LogP contribution in [-0.4, -0.2) is 99.1 Å². The number of amides is 3. The summed E-state index contributed by atoms with van der Waals surface area (Å²) in [6, 6.07) is 7.08. The Kier molecular flexibility index (Phi) is 11.6. The number of benzene rings is 1. The number of esters is 1. The van der Waals surface area contributed by atoms with Gasteiger partial charge >= 0.3 is 5.97 Å². The van der Waals surface area contributed by atoms with Crippen LogP contribution in [0.3, 0.4) is 0 Å². The smallest absolute Gasteiger partial charge is 0.313 e.